The van der Waals surface area contributed by atoms with Crippen molar-refractivity contribution >= 4 is 22.0 Å². The van der Waals surface area contributed by atoms with Crippen LogP contribution in [0.25, 0.3) is 0 Å². The molecule has 3 rings (SSSR count). The number of hydroxylamine groups is 1. The first-order valence-electron chi connectivity index (χ1n) is 10.6. The van der Waals surface area contributed by atoms with Gasteiger partial charge in [-0.3, -0.25) is 9.63 Å². The molecule has 3 aromatic carbocycles. The van der Waals surface area contributed by atoms with Crippen LogP contribution in [-0.2, 0) is 46.7 Å². The number of amides is 1. The number of rotatable bonds is 12. The predicted molar refractivity (Wildman–Crippen MR) is 125 cm³/mol. The molecule has 1 amide bonds. The summed E-state index contributed by atoms with van der Waals surface area (Å²) >= 11 is 0. The molecule has 2 atom stereocenters. The fourth-order valence-electron chi connectivity index (χ4n) is 3.00. The van der Waals surface area contributed by atoms with E-state index in [2.05, 4.69) is 5.48 Å². The van der Waals surface area contributed by atoms with E-state index in [4.69, 9.17) is 13.8 Å². The number of carboxylic acids is 1. The van der Waals surface area contributed by atoms with E-state index in [0.29, 0.717) is 5.56 Å². The molecule has 184 valence electrons. The SMILES string of the molecule is Cc1ccc(S(=O)(=O)OC(C(=O)NOCc2ccccc2)C(OCc2ccccc2)C(=O)O)cc1. The van der Waals surface area contributed by atoms with Gasteiger partial charge in [0.25, 0.3) is 16.0 Å². The average Bonchev–Trinajstić information content (AvgIpc) is 2.84. The van der Waals surface area contributed by atoms with E-state index in [1.165, 1.54) is 12.1 Å². The van der Waals surface area contributed by atoms with Crippen LogP contribution in [0.1, 0.15) is 16.7 Å². The highest BCUT2D eigenvalue weighted by Crippen LogP contribution is 2.19. The summed E-state index contributed by atoms with van der Waals surface area (Å²) < 4.78 is 36.3. The van der Waals surface area contributed by atoms with Crippen molar-refractivity contribution in [3.05, 3.63) is 102 Å². The molecule has 0 saturated carbocycles. The van der Waals surface area contributed by atoms with Crippen molar-refractivity contribution in [2.75, 3.05) is 0 Å². The Kier molecular flexibility index (Phi) is 9.10. The second kappa shape index (κ2) is 12.2. The summed E-state index contributed by atoms with van der Waals surface area (Å²) in [5, 5.41) is 9.76. The third-order valence-corrected chi connectivity index (χ3v) is 6.15. The Morgan fingerprint density at radius 2 is 1.37 bits per heavy atom. The molecule has 0 heterocycles. The molecule has 9 nitrogen and oxygen atoms in total. The van der Waals surface area contributed by atoms with Gasteiger partial charge >= 0.3 is 5.97 Å². The molecule has 0 saturated heterocycles. The number of carboxylic acid groups (broad SMARTS) is 1. The number of nitrogens with one attached hydrogen (secondary N) is 1. The summed E-state index contributed by atoms with van der Waals surface area (Å²) in [4.78, 5) is 29.8. The molecular weight excluding hydrogens is 474 g/mol. The lowest BCUT2D eigenvalue weighted by atomic mass is 10.2. The Hall–Kier alpha value is -3.57. The molecule has 2 unspecified atom stereocenters. The number of hydrogen-bond acceptors (Lipinski definition) is 7. The quantitative estimate of drug-likeness (QED) is 0.288. The number of carbonyl (C=O) groups excluding carboxylic acids is 1. The Bertz CT molecular complexity index is 1220. The Labute approximate surface area is 203 Å². The van der Waals surface area contributed by atoms with Crippen molar-refractivity contribution in [1.82, 2.24) is 5.48 Å². The number of ether oxygens (including phenoxy) is 1. The van der Waals surface area contributed by atoms with Crippen LogP contribution >= 0.6 is 0 Å². The summed E-state index contributed by atoms with van der Waals surface area (Å²) in [6.45, 7) is 1.54. The molecule has 0 spiro atoms. The number of hydrogen-bond donors (Lipinski definition) is 2. The molecule has 35 heavy (non-hydrogen) atoms. The largest absolute Gasteiger partial charge is 0.479 e. The standard InChI is InChI=1S/C25H25NO8S/c1-18-12-14-21(15-13-18)35(30,31)34-22(24(27)26-33-17-20-10-6-3-7-11-20)23(25(28)29)32-16-19-8-4-2-5-9-19/h2-15,22-23H,16-17H2,1H3,(H,26,27)(H,28,29). The molecule has 0 aliphatic rings. The summed E-state index contributed by atoms with van der Waals surface area (Å²) in [6.07, 6.45) is -4.02. The maximum Gasteiger partial charge on any atom is 0.336 e. The number of aliphatic carboxylic acids is 1. The number of carbonyl (C=O) groups is 2. The molecule has 0 bridgehead atoms. The van der Waals surface area contributed by atoms with Gasteiger partial charge in [-0.05, 0) is 30.2 Å². The van der Waals surface area contributed by atoms with E-state index in [1.807, 2.05) is 6.07 Å². The fraction of sp³-hybridized carbons (Fsp3) is 0.200. The average molecular weight is 500 g/mol. The van der Waals surface area contributed by atoms with Crippen molar-refractivity contribution in [3.63, 3.8) is 0 Å². The van der Waals surface area contributed by atoms with Crippen LogP contribution in [0, 0.1) is 6.92 Å². The lowest BCUT2D eigenvalue weighted by Gasteiger charge is -2.23. The van der Waals surface area contributed by atoms with Gasteiger partial charge in [0.2, 0.25) is 0 Å². The predicted octanol–water partition coefficient (Wildman–Crippen LogP) is 2.99. The molecule has 0 radical (unpaired) electrons. The van der Waals surface area contributed by atoms with Crippen LogP contribution in [-0.4, -0.2) is 37.6 Å². The van der Waals surface area contributed by atoms with E-state index in [-0.39, 0.29) is 18.1 Å². The van der Waals surface area contributed by atoms with Crippen LogP contribution < -0.4 is 5.48 Å². The van der Waals surface area contributed by atoms with Gasteiger partial charge < -0.3 is 9.84 Å². The number of aryl methyl sites for hydroxylation is 1. The highest BCUT2D eigenvalue weighted by atomic mass is 32.2. The number of benzene rings is 3. The van der Waals surface area contributed by atoms with E-state index < -0.39 is 34.2 Å². The minimum Gasteiger partial charge on any atom is -0.479 e. The maximum absolute atomic E-state index is 12.9. The molecular formula is C25H25NO8S. The van der Waals surface area contributed by atoms with Crippen LogP contribution in [0.2, 0.25) is 0 Å². The zero-order chi connectivity index (χ0) is 25.3. The van der Waals surface area contributed by atoms with Crippen molar-refractivity contribution in [2.24, 2.45) is 0 Å². The van der Waals surface area contributed by atoms with Gasteiger partial charge in [-0.15, -0.1) is 0 Å². The van der Waals surface area contributed by atoms with Crippen LogP contribution in [0.15, 0.2) is 89.8 Å². The molecule has 0 aliphatic carbocycles. The Morgan fingerprint density at radius 3 is 1.91 bits per heavy atom. The smallest absolute Gasteiger partial charge is 0.336 e. The summed E-state index contributed by atoms with van der Waals surface area (Å²) in [6, 6.07) is 23.2. The van der Waals surface area contributed by atoms with Gasteiger partial charge in [-0.1, -0.05) is 78.4 Å². The zero-order valence-corrected chi connectivity index (χ0v) is 19.7. The lowest BCUT2D eigenvalue weighted by molar-refractivity contribution is -0.167. The van der Waals surface area contributed by atoms with Crippen LogP contribution in [0.4, 0.5) is 0 Å². The third kappa shape index (κ3) is 7.72. The molecule has 10 heteroatoms. The topological polar surface area (TPSA) is 128 Å². The van der Waals surface area contributed by atoms with Crippen LogP contribution in [0.3, 0.4) is 0 Å². The van der Waals surface area contributed by atoms with Crippen molar-refractivity contribution < 1.29 is 36.9 Å². The normalized spacial score (nSPS) is 13.1. The minimum absolute atomic E-state index is 0.0351. The molecule has 3 aromatic rings. The minimum atomic E-state index is -4.52. The van der Waals surface area contributed by atoms with Gasteiger partial charge in [0, 0.05) is 0 Å². The molecule has 0 aromatic heterocycles. The highest BCUT2D eigenvalue weighted by molar-refractivity contribution is 7.86. The van der Waals surface area contributed by atoms with Gasteiger partial charge in [0.05, 0.1) is 18.1 Å². The first-order chi connectivity index (χ1) is 16.8. The second-order valence-electron chi connectivity index (χ2n) is 7.58. The summed E-state index contributed by atoms with van der Waals surface area (Å²) in [5.74, 6) is -2.71. The highest BCUT2D eigenvalue weighted by Gasteiger charge is 2.40. The first-order valence-corrected chi connectivity index (χ1v) is 12.0. The molecule has 0 fully saturated rings. The molecule has 0 aliphatic heterocycles. The monoisotopic (exact) mass is 499 g/mol. The van der Waals surface area contributed by atoms with Gasteiger partial charge in [0.15, 0.2) is 12.2 Å². The van der Waals surface area contributed by atoms with Gasteiger partial charge in [-0.25, -0.2) is 14.5 Å². The van der Waals surface area contributed by atoms with E-state index in [0.717, 1.165) is 11.1 Å². The third-order valence-electron chi connectivity index (χ3n) is 4.84. The van der Waals surface area contributed by atoms with Gasteiger partial charge in [0.1, 0.15) is 0 Å². The van der Waals surface area contributed by atoms with E-state index in [9.17, 15) is 23.1 Å². The Morgan fingerprint density at radius 1 is 0.829 bits per heavy atom. The lowest BCUT2D eigenvalue weighted by Crippen LogP contribution is -2.49. The first kappa shape index (κ1) is 26.0. The Balaban J connectivity index is 1.81. The van der Waals surface area contributed by atoms with E-state index >= 15 is 0 Å². The zero-order valence-electron chi connectivity index (χ0n) is 18.9. The van der Waals surface area contributed by atoms with Gasteiger partial charge in [-0.2, -0.15) is 8.42 Å². The van der Waals surface area contributed by atoms with Crippen molar-refractivity contribution in [1.29, 1.82) is 0 Å². The summed E-state index contributed by atoms with van der Waals surface area (Å²) in [5.41, 5.74) is 4.24. The van der Waals surface area contributed by atoms with Crippen LogP contribution in [0.5, 0.6) is 0 Å². The van der Waals surface area contributed by atoms with Crippen molar-refractivity contribution in [3.8, 4) is 0 Å². The second-order valence-corrected chi connectivity index (χ2v) is 9.15. The maximum atomic E-state index is 12.9. The molecule has 2 N–H and O–H groups in total. The summed E-state index contributed by atoms with van der Waals surface area (Å²) in [7, 11) is -4.52. The van der Waals surface area contributed by atoms with E-state index in [1.54, 1.807) is 73.7 Å². The fourth-order valence-corrected chi connectivity index (χ4v) is 4.04. The van der Waals surface area contributed by atoms with Crippen molar-refractivity contribution in [2.45, 2.75) is 37.2 Å².